The highest BCUT2D eigenvalue weighted by atomic mass is 16.5. The fraction of sp³-hybridized carbons (Fsp3) is 0.250. The Morgan fingerprint density at radius 3 is 2.37 bits per heavy atom. The summed E-state index contributed by atoms with van der Waals surface area (Å²) >= 11 is 0. The SMILES string of the molecule is c1ccc(Oc2ccc(C3CNCC[N]3)cc2)cc1. The Morgan fingerprint density at radius 2 is 1.68 bits per heavy atom. The van der Waals surface area contributed by atoms with Crippen molar-refractivity contribution in [2.45, 2.75) is 6.04 Å². The van der Waals surface area contributed by atoms with Crippen LogP contribution in [0.15, 0.2) is 54.6 Å². The standard InChI is InChI=1S/C16H17N2O/c1-2-4-14(5-3-1)19-15-8-6-13(7-9-15)16-12-17-10-11-18-16/h1-9,16-17H,10-12H2. The van der Waals surface area contributed by atoms with Crippen LogP contribution in [0.4, 0.5) is 0 Å². The smallest absolute Gasteiger partial charge is 0.127 e. The average molecular weight is 253 g/mol. The Balaban J connectivity index is 1.68. The Labute approximate surface area is 113 Å². The van der Waals surface area contributed by atoms with Gasteiger partial charge in [-0.1, -0.05) is 30.3 Å². The van der Waals surface area contributed by atoms with Gasteiger partial charge in [0.05, 0.1) is 6.04 Å². The van der Waals surface area contributed by atoms with Gasteiger partial charge < -0.3 is 10.1 Å². The minimum atomic E-state index is 0.277. The molecule has 19 heavy (non-hydrogen) atoms. The molecular weight excluding hydrogens is 236 g/mol. The number of piperazine rings is 1. The maximum absolute atomic E-state index is 5.77. The summed E-state index contributed by atoms with van der Waals surface area (Å²) in [6, 6.07) is 18.3. The zero-order chi connectivity index (χ0) is 12.9. The van der Waals surface area contributed by atoms with Crippen LogP contribution in [0.5, 0.6) is 11.5 Å². The van der Waals surface area contributed by atoms with Gasteiger partial charge in [0.25, 0.3) is 0 Å². The largest absolute Gasteiger partial charge is 0.457 e. The summed E-state index contributed by atoms with van der Waals surface area (Å²) in [7, 11) is 0. The van der Waals surface area contributed by atoms with Crippen molar-refractivity contribution in [2.75, 3.05) is 19.6 Å². The van der Waals surface area contributed by atoms with Crippen molar-refractivity contribution in [3.8, 4) is 11.5 Å². The molecule has 1 N–H and O–H groups in total. The second kappa shape index (κ2) is 5.87. The number of hydrogen-bond donors (Lipinski definition) is 1. The van der Waals surface area contributed by atoms with Crippen molar-refractivity contribution in [2.24, 2.45) is 0 Å². The first-order valence-electron chi connectivity index (χ1n) is 6.62. The molecule has 1 heterocycles. The summed E-state index contributed by atoms with van der Waals surface area (Å²) in [5.74, 6) is 1.72. The number of ether oxygens (including phenoxy) is 1. The molecule has 3 rings (SSSR count). The quantitative estimate of drug-likeness (QED) is 0.913. The molecule has 0 aliphatic carbocycles. The molecule has 3 nitrogen and oxygen atoms in total. The highest BCUT2D eigenvalue weighted by molar-refractivity contribution is 5.34. The van der Waals surface area contributed by atoms with Crippen molar-refractivity contribution in [1.82, 2.24) is 10.6 Å². The van der Waals surface area contributed by atoms with E-state index >= 15 is 0 Å². The van der Waals surface area contributed by atoms with E-state index in [2.05, 4.69) is 22.8 Å². The third-order valence-electron chi connectivity index (χ3n) is 3.22. The first-order valence-corrected chi connectivity index (χ1v) is 6.62. The molecule has 0 saturated carbocycles. The Kier molecular flexibility index (Phi) is 3.77. The average Bonchev–Trinajstić information content (AvgIpc) is 2.50. The predicted molar refractivity (Wildman–Crippen MR) is 75.6 cm³/mol. The maximum atomic E-state index is 5.77. The second-order valence-electron chi connectivity index (χ2n) is 4.61. The molecule has 0 aromatic heterocycles. The summed E-state index contributed by atoms with van der Waals surface area (Å²) in [5, 5.41) is 7.97. The fourth-order valence-corrected chi connectivity index (χ4v) is 2.21. The normalized spacial score (nSPS) is 19.1. The van der Waals surface area contributed by atoms with E-state index < -0.39 is 0 Å². The highest BCUT2D eigenvalue weighted by Gasteiger charge is 2.15. The van der Waals surface area contributed by atoms with Gasteiger partial charge in [-0.25, -0.2) is 5.32 Å². The Hall–Kier alpha value is -1.84. The molecule has 1 fully saturated rings. The predicted octanol–water partition coefficient (Wildman–Crippen LogP) is 2.73. The molecule has 1 aliphatic rings. The van der Waals surface area contributed by atoms with Crippen molar-refractivity contribution in [3.05, 3.63) is 60.2 Å². The lowest BCUT2D eigenvalue weighted by molar-refractivity contribution is 0.420. The maximum Gasteiger partial charge on any atom is 0.127 e. The van der Waals surface area contributed by atoms with Crippen molar-refractivity contribution >= 4 is 0 Å². The molecule has 2 aromatic carbocycles. The van der Waals surface area contributed by atoms with Gasteiger partial charge in [-0.15, -0.1) is 0 Å². The summed E-state index contributed by atoms with van der Waals surface area (Å²) in [6.45, 7) is 2.82. The Morgan fingerprint density at radius 1 is 0.947 bits per heavy atom. The molecule has 0 spiro atoms. The fourth-order valence-electron chi connectivity index (χ4n) is 2.21. The molecule has 0 bridgehead atoms. The van der Waals surface area contributed by atoms with Gasteiger partial charge in [-0.05, 0) is 29.8 Å². The van der Waals surface area contributed by atoms with Crippen molar-refractivity contribution < 1.29 is 4.74 Å². The minimum absolute atomic E-state index is 0.277. The lowest BCUT2D eigenvalue weighted by Crippen LogP contribution is -2.38. The van der Waals surface area contributed by atoms with Gasteiger partial charge in [0.15, 0.2) is 0 Å². The molecular formula is C16H17N2O. The van der Waals surface area contributed by atoms with Crippen LogP contribution in [0, 0.1) is 0 Å². The zero-order valence-electron chi connectivity index (χ0n) is 10.8. The first-order chi connectivity index (χ1) is 9.42. The second-order valence-corrected chi connectivity index (χ2v) is 4.61. The number of para-hydroxylation sites is 1. The van der Waals surface area contributed by atoms with Crippen LogP contribution < -0.4 is 15.4 Å². The molecule has 1 unspecified atom stereocenters. The molecule has 0 amide bonds. The van der Waals surface area contributed by atoms with Gasteiger partial charge in [-0.3, -0.25) is 0 Å². The van der Waals surface area contributed by atoms with Gasteiger partial charge >= 0.3 is 0 Å². The summed E-state index contributed by atoms with van der Waals surface area (Å²) in [5.41, 5.74) is 1.24. The zero-order valence-corrected chi connectivity index (χ0v) is 10.8. The van der Waals surface area contributed by atoms with Crippen molar-refractivity contribution in [3.63, 3.8) is 0 Å². The number of rotatable bonds is 3. The van der Waals surface area contributed by atoms with E-state index in [1.54, 1.807) is 0 Å². The van der Waals surface area contributed by atoms with Crippen LogP contribution in [0.1, 0.15) is 11.6 Å². The molecule has 1 atom stereocenters. The van der Waals surface area contributed by atoms with Crippen LogP contribution in [0.25, 0.3) is 0 Å². The van der Waals surface area contributed by atoms with E-state index in [4.69, 9.17) is 4.74 Å². The number of nitrogens with one attached hydrogen (secondary N) is 1. The lowest BCUT2D eigenvalue weighted by atomic mass is 10.1. The van der Waals surface area contributed by atoms with Gasteiger partial charge in [0.1, 0.15) is 11.5 Å². The van der Waals surface area contributed by atoms with Crippen LogP contribution in [0.2, 0.25) is 0 Å². The van der Waals surface area contributed by atoms with Gasteiger partial charge in [0, 0.05) is 19.6 Å². The van der Waals surface area contributed by atoms with Crippen LogP contribution >= 0.6 is 0 Å². The molecule has 97 valence electrons. The first kappa shape index (κ1) is 12.2. The van der Waals surface area contributed by atoms with Crippen LogP contribution in [-0.2, 0) is 0 Å². The lowest BCUT2D eigenvalue weighted by Gasteiger charge is -2.23. The molecule has 3 heteroatoms. The van der Waals surface area contributed by atoms with Crippen LogP contribution in [-0.4, -0.2) is 19.6 Å². The highest BCUT2D eigenvalue weighted by Crippen LogP contribution is 2.23. The van der Waals surface area contributed by atoms with Crippen molar-refractivity contribution in [1.29, 1.82) is 0 Å². The van der Waals surface area contributed by atoms with Gasteiger partial charge in [-0.2, -0.15) is 0 Å². The number of benzene rings is 2. The molecule has 1 aliphatic heterocycles. The summed E-state index contributed by atoms with van der Waals surface area (Å²) < 4.78 is 5.77. The summed E-state index contributed by atoms with van der Waals surface area (Å²) in [6.07, 6.45) is 0. The number of nitrogens with zero attached hydrogens (tertiary/aromatic N) is 1. The van der Waals surface area contributed by atoms with E-state index in [1.165, 1.54) is 5.56 Å². The van der Waals surface area contributed by atoms with E-state index in [0.29, 0.717) is 0 Å². The minimum Gasteiger partial charge on any atom is -0.457 e. The monoisotopic (exact) mass is 253 g/mol. The molecule has 1 saturated heterocycles. The van der Waals surface area contributed by atoms with E-state index in [-0.39, 0.29) is 6.04 Å². The van der Waals surface area contributed by atoms with Gasteiger partial charge in [0.2, 0.25) is 0 Å². The van der Waals surface area contributed by atoms with Crippen LogP contribution in [0.3, 0.4) is 0 Å². The third kappa shape index (κ3) is 3.13. The molecule has 1 radical (unpaired) electrons. The number of hydrogen-bond acceptors (Lipinski definition) is 2. The topological polar surface area (TPSA) is 35.4 Å². The Bertz CT molecular complexity index is 504. The third-order valence-corrected chi connectivity index (χ3v) is 3.22. The van der Waals surface area contributed by atoms with E-state index in [9.17, 15) is 0 Å². The van der Waals surface area contributed by atoms with E-state index in [1.807, 2.05) is 42.5 Å². The summed E-state index contributed by atoms with van der Waals surface area (Å²) in [4.78, 5) is 0. The molecule has 2 aromatic rings. The van der Waals surface area contributed by atoms with E-state index in [0.717, 1.165) is 31.1 Å².